The molecule has 1 unspecified atom stereocenters. The molecule has 3 heterocycles. The first-order chi connectivity index (χ1) is 12.6. The molecule has 1 atom stereocenters. The van der Waals surface area contributed by atoms with Crippen molar-refractivity contribution in [3.8, 4) is 5.75 Å². The molecule has 0 spiro atoms. The van der Waals surface area contributed by atoms with Crippen LogP contribution in [-0.2, 0) is 19.4 Å². The van der Waals surface area contributed by atoms with E-state index in [-0.39, 0.29) is 5.56 Å². The molecule has 0 bridgehead atoms. The van der Waals surface area contributed by atoms with Crippen molar-refractivity contribution < 1.29 is 5.11 Å². The van der Waals surface area contributed by atoms with E-state index in [4.69, 9.17) is 0 Å². The number of benzene rings is 1. The van der Waals surface area contributed by atoms with Crippen molar-refractivity contribution in [3.05, 3.63) is 57.0 Å². The van der Waals surface area contributed by atoms with Crippen LogP contribution in [0, 0.1) is 5.92 Å². The monoisotopic (exact) mass is 370 g/mol. The highest BCUT2D eigenvalue weighted by atomic mass is 32.1. The third-order valence-electron chi connectivity index (χ3n) is 4.83. The number of phenolic OH excluding ortho intramolecular Hbond substituents is 1. The van der Waals surface area contributed by atoms with Gasteiger partial charge in [0.25, 0.3) is 5.56 Å². The molecule has 0 aliphatic carbocycles. The molecular formula is C19H22N4O2S. The smallest absolute Gasteiger partial charge is 0.275 e. The highest BCUT2D eigenvalue weighted by Gasteiger charge is 2.23. The summed E-state index contributed by atoms with van der Waals surface area (Å²) in [5.74, 6) is 0.892. The van der Waals surface area contributed by atoms with Gasteiger partial charge < -0.3 is 5.11 Å². The van der Waals surface area contributed by atoms with E-state index in [0.717, 1.165) is 43.1 Å². The summed E-state index contributed by atoms with van der Waals surface area (Å²) in [4.78, 5) is 19.9. The average molecular weight is 370 g/mol. The van der Waals surface area contributed by atoms with E-state index in [0.29, 0.717) is 23.2 Å². The van der Waals surface area contributed by atoms with Crippen molar-refractivity contribution >= 4 is 16.3 Å². The second-order valence-corrected chi connectivity index (χ2v) is 7.93. The molecule has 0 amide bonds. The summed E-state index contributed by atoms with van der Waals surface area (Å²) in [5.41, 5.74) is 1.89. The van der Waals surface area contributed by atoms with Gasteiger partial charge in [0.05, 0.1) is 5.69 Å². The van der Waals surface area contributed by atoms with Crippen molar-refractivity contribution in [2.24, 2.45) is 5.92 Å². The molecule has 1 aliphatic rings. The van der Waals surface area contributed by atoms with Gasteiger partial charge in [0.15, 0.2) is 0 Å². The lowest BCUT2D eigenvalue weighted by Gasteiger charge is -2.15. The van der Waals surface area contributed by atoms with E-state index in [9.17, 15) is 9.90 Å². The lowest BCUT2D eigenvalue weighted by atomic mass is 9.99. The predicted molar refractivity (Wildman–Crippen MR) is 102 cm³/mol. The van der Waals surface area contributed by atoms with Gasteiger partial charge in [-0.05, 0) is 49.4 Å². The number of aryl methyl sites for hydroxylation is 1. The molecule has 1 saturated heterocycles. The third kappa shape index (κ3) is 3.64. The Kier molecular flexibility index (Phi) is 4.74. The summed E-state index contributed by atoms with van der Waals surface area (Å²) in [6.45, 7) is 4.72. The van der Waals surface area contributed by atoms with Crippen molar-refractivity contribution in [2.75, 3.05) is 13.1 Å². The highest BCUT2D eigenvalue weighted by Crippen LogP contribution is 2.23. The molecule has 4 rings (SSSR count). The van der Waals surface area contributed by atoms with E-state index in [1.807, 2.05) is 19.1 Å². The fraction of sp³-hybridized carbons (Fsp3) is 0.421. The zero-order chi connectivity index (χ0) is 18.1. The van der Waals surface area contributed by atoms with Crippen molar-refractivity contribution in [1.29, 1.82) is 0 Å². The highest BCUT2D eigenvalue weighted by molar-refractivity contribution is 7.16. The number of likely N-dealkylation sites (tertiary alicyclic amines) is 1. The van der Waals surface area contributed by atoms with Crippen molar-refractivity contribution in [1.82, 2.24) is 19.5 Å². The van der Waals surface area contributed by atoms with Gasteiger partial charge in [0.1, 0.15) is 10.8 Å². The van der Waals surface area contributed by atoms with Crippen LogP contribution in [0.2, 0.25) is 0 Å². The second-order valence-electron chi connectivity index (χ2n) is 6.89. The van der Waals surface area contributed by atoms with Crippen molar-refractivity contribution in [3.63, 3.8) is 0 Å². The summed E-state index contributed by atoms with van der Waals surface area (Å²) in [5, 5.41) is 14.8. The molecule has 1 N–H and O–H groups in total. The molecular weight excluding hydrogens is 348 g/mol. The number of hydrogen-bond donors (Lipinski definition) is 1. The van der Waals surface area contributed by atoms with Gasteiger partial charge in [-0.25, -0.2) is 4.98 Å². The van der Waals surface area contributed by atoms with E-state index < -0.39 is 0 Å². The summed E-state index contributed by atoms with van der Waals surface area (Å²) in [6, 6.07) is 9.11. The molecule has 1 aromatic carbocycles. The molecule has 7 heteroatoms. The Balaban J connectivity index is 1.43. The Morgan fingerprint density at radius 3 is 3.04 bits per heavy atom. The minimum atomic E-state index is -0.101. The van der Waals surface area contributed by atoms with Gasteiger partial charge in [-0.3, -0.25) is 9.69 Å². The molecule has 0 saturated carbocycles. The summed E-state index contributed by atoms with van der Waals surface area (Å²) < 4.78 is 1.40. The third-order valence-corrected chi connectivity index (χ3v) is 5.89. The first-order valence-electron chi connectivity index (χ1n) is 8.99. The average Bonchev–Trinajstić information content (AvgIpc) is 3.22. The maximum Gasteiger partial charge on any atom is 0.275 e. The molecule has 0 radical (unpaired) electrons. The molecule has 136 valence electrons. The first kappa shape index (κ1) is 17.2. The second kappa shape index (κ2) is 7.17. The Hall–Kier alpha value is -2.25. The normalized spacial score (nSPS) is 18.0. The Morgan fingerprint density at radius 2 is 2.23 bits per heavy atom. The van der Waals surface area contributed by atoms with Crippen LogP contribution in [0.25, 0.3) is 4.96 Å². The number of nitrogens with zero attached hydrogens (tertiary/aromatic N) is 4. The van der Waals surface area contributed by atoms with E-state index in [1.165, 1.54) is 21.4 Å². The van der Waals surface area contributed by atoms with Gasteiger partial charge in [-0.15, -0.1) is 0 Å². The fourth-order valence-electron chi connectivity index (χ4n) is 3.59. The summed E-state index contributed by atoms with van der Waals surface area (Å²) in [7, 11) is 0. The van der Waals surface area contributed by atoms with Crippen LogP contribution in [0.4, 0.5) is 0 Å². The maximum atomic E-state index is 12.3. The minimum Gasteiger partial charge on any atom is -0.508 e. The molecule has 3 aromatic rings. The largest absolute Gasteiger partial charge is 0.508 e. The zero-order valence-corrected chi connectivity index (χ0v) is 15.6. The lowest BCUT2D eigenvalue weighted by molar-refractivity contribution is 0.312. The topological polar surface area (TPSA) is 70.7 Å². The van der Waals surface area contributed by atoms with Gasteiger partial charge in [-0.2, -0.15) is 9.61 Å². The summed E-state index contributed by atoms with van der Waals surface area (Å²) >= 11 is 1.49. The Bertz CT molecular complexity index is 981. The van der Waals surface area contributed by atoms with Gasteiger partial charge in [-0.1, -0.05) is 30.4 Å². The minimum absolute atomic E-state index is 0.101. The molecule has 1 fully saturated rings. The number of phenols is 1. The van der Waals surface area contributed by atoms with E-state index >= 15 is 0 Å². The van der Waals surface area contributed by atoms with E-state index in [2.05, 4.69) is 21.0 Å². The molecule has 1 aliphatic heterocycles. The summed E-state index contributed by atoms with van der Waals surface area (Å²) in [6.07, 6.45) is 2.90. The standard InChI is InChI=1S/C19H22N4O2S/c1-2-17-21-23-18(25)10-15(20-19(23)26-17)12-22-7-6-14(11-22)8-13-4-3-5-16(24)9-13/h3-5,9-10,14,24H,2,6-8,11-12H2,1H3. The molecule has 2 aromatic heterocycles. The SMILES string of the molecule is CCc1nn2c(=O)cc(CN3CCC(Cc4cccc(O)c4)C3)nc2s1. The number of aromatic hydroxyl groups is 1. The predicted octanol–water partition coefficient (Wildman–Crippen LogP) is 2.48. The lowest BCUT2D eigenvalue weighted by Crippen LogP contribution is -2.23. The van der Waals surface area contributed by atoms with Gasteiger partial charge in [0.2, 0.25) is 4.96 Å². The quantitative estimate of drug-likeness (QED) is 0.747. The van der Waals surface area contributed by atoms with Crippen molar-refractivity contribution in [2.45, 2.75) is 32.7 Å². The van der Waals surface area contributed by atoms with Crippen LogP contribution in [0.1, 0.15) is 29.6 Å². The van der Waals surface area contributed by atoms with E-state index in [1.54, 1.807) is 12.1 Å². The van der Waals surface area contributed by atoms with Crippen LogP contribution in [0.5, 0.6) is 5.75 Å². The van der Waals surface area contributed by atoms with Crippen LogP contribution in [0.3, 0.4) is 0 Å². The van der Waals surface area contributed by atoms with Gasteiger partial charge in [0, 0.05) is 19.2 Å². The number of rotatable bonds is 5. The molecule has 26 heavy (non-hydrogen) atoms. The molecule has 6 nitrogen and oxygen atoms in total. The first-order valence-corrected chi connectivity index (χ1v) is 9.81. The number of hydrogen-bond acceptors (Lipinski definition) is 6. The Labute approximate surface area is 155 Å². The fourth-order valence-corrected chi connectivity index (χ4v) is 4.45. The van der Waals surface area contributed by atoms with Gasteiger partial charge >= 0.3 is 0 Å². The number of aromatic nitrogens is 3. The van der Waals surface area contributed by atoms with Crippen LogP contribution < -0.4 is 5.56 Å². The maximum absolute atomic E-state index is 12.3. The van der Waals surface area contributed by atoms with Crippen LogP contribution in [0.15, 0.2) is 35.1 Å². The Morgan fingerprint density at radius 1 is 1.35 bits per heavy atom. The van der Waals surface area contributed by atoms with Crippen LogP contribution in [-0.4, -0.2) is 37.7 Å². The van der Waals surface area contributed by atoms with Crippen LogP contribution >= 0.6 is 11.3 Å². The zero-order valence-electron chi connectivity index (χ0n) is 14.8. The number of fused-ring (bicyclic) bond motifs is 1.